The molecule has 0 radical (unpaired) electrons. The Hall–Kier alpha value is -0.610. The van der Waals surface area contributed by atoms with Gasteiger partial charge in [0.1, 0.15) is 0 Å². The maximum atomic E-state index is 12.1. The van der Waals surface area contributed by atoms with Gasteiger partial charge in [0.05, 0.1) is 0 Å². The van der Waals surface area contributed by atoms with Crippen molar-refractivity contribution >= 4 is 5.91 Å². The summed E-state index contributed by atoms with van der Waals surface area (Å²) in [5, 5.41) is 12.4. The van der Waals surface area contributed by atoms with Gasteiger partial charge in [-0.1, -0.05) is 25.7 Å². The lowest BCUT2D eigenvalue weighted by Crippen LogP contribution is -2.48. The molecule has 0 bridgehead atoms. The van der Waals surface area contributed by atoms with Crippen molar-refractivity contribution in [3.8, 4) is 0 Å². The fraction of sp³-hybridized carbons (Fsp3) is 0.929. The van der Waals surface area contributed by atoms with Crippen molar-refractivity contribution in [2.24, 2.45) is 11.7 Å². The van der Waals surface area contributed by atoms with E-state index < -0.39 is 0 Å². The van der Waals surface area contributed by atoms with Gasteiger partial charge in [-0.15, -0.1) is 0 Å². The zero-order valence-electron chi connectivity index (χ0n) is 11.2. The number of aliphatic hydroxyl groups excluding tert-OH is 1. The largest absolute Gasteiger partial charge is 0.396 e. The number of aliphatic hydroxyl groups is 1. The highest BCUT2D eigenvalue weighted by Crippen LogP contribution is 2.30. The highest BCUT2D eigenvalue weighted by atomic mass is 16.3. The third-order valence-electron chi connectivity index (χ3n) is 4.60. The molecule has 18 heavy (non-hydrogen) atoms. The molecule has 2 atom stereocenters. The van der Waals surface area contributed by atoms with Crippen LogP contribution in [0.5, 0.6) is 0 Å². The minimum absolute atomic E-state index is 0.0738. The van der Waals surface area contributed by atoms with Gasteiger partial charge < -0.3 is 16.2 Å². The molecule has 4 nitrogen and oxygen atoms in total. The Morgan fingerprint density at radius 2 is 1.89 bits per heavy atom. The van der Waals surface area contributed by atoms with Crippen LogP contribution in [-0.4, -0.2) is 29.2 Å². The van der Waals surface area contributed by atoms with Crippen molar-refractivity contribution in [3.63, 3.8) is 0 Å². The molecule has 2 aliphatic carbocycles. The molecule has 104 valence electrons. The smallest absolute Gasteiger partial charge is 0.222 e. The standard InChI is InChI=1S/C14H26N2O2/c15-14(7-3-4-8-14)9-13(18)16-12-6-2-1-5-11(12)10-17/h11-12,17H,1-10,15H2,(H,16,18). The van der Waals surface area contributed by atoms with Crippen LogP contribution in [-0.2, 0) is 4.79 Å². The van der Waals surface area contributed by atoms with Crippen molar-refractivity contribution in [1.29, 1.82) is 0 Å². The average molecular weight is 254 g/mol. The van der Waals surface area contributed by atoms with E-state index in [0.29, 0.717) is 6.42 Å². The summed E-state index contributed by atoms with van der Waals surface area (Å²) >= 11 is 0. The number of amides is 1. The molecule has 2 saturated carbocycles. The second-order valence-electron chi connectivity index (χ2n) is 6.15. The van der Waals surface area contributed by atoms with E-state index in [4.69, 9.17) is 5.73 Å². The van der Waals surface area contributed by atoms with Gasteiger partial charge in [-0.2, -0.15) is 0 Å². The Bertz CT molecular complexity index is 288. The second-order valence-corrected chi connectivity index (χ2v) is 6.15. The fourth-order valence-electron chi connectivity index (χ4n) is 3.45. The molecule has 2 rings (SSSR count). The summed E-state index contributed by atoms with van der Waals surface area (Å²) in [6, 6.07) is 0.154. The van der Waals surface area contributed by atoms with Crippen molar-refractivity contribution in [2.45, 2.75) is 69.4 Å². The summed E-state index contributed by atoms with van der Waals surface area (Å²) in [6.45, 7) is 0.179. The van der Waals surface area contributed by atoms with Crippen molar-refractivity contribution < 1.29 is 9.90 Å². The molecule has 0 aromatic rings. The molecule has 0 spiro atoms. The topological polar surface area (TPSA) is 75.4 Å². The summed E-state index contributed by atoms with van der Waals surface area (Å²) in [5.74, 6) is 0.310. The molecule has 0 heterocycles. The number of nitrogens with one attached hydrogen (secondary N) is 1. The summed E-state index contributed by atoms with van der Waals surface area (Å²) in [4.78, 5) is 12.1. The first kappa shape index (κ1) is 13.8. The zero-order valence-corrected chi connectivity index (χ0v) is 11.2. The summed E-state index contributed by atoms with van der Waals surface area (Å²) in [6.07, 6.45) is 9.00. The Kier molecular flexibility index (Phi) is 4.62. The first-order chi connectivity index (χ1) is 8.63. The predicted octanol–water partition coefficient (Wildman–Crippen LogP) is 1.32. The molecule has 0 aliphatic heterocycles. The number of carbonyl (C=O) groups is 1. The van der Waals surface area contributed by atoms with Crippen LogP contribution >= 0.6 is 0 Å². The lowest BCUT2D eigenvalue weighted by atomic mass is 9.84. The second kappa shape index (κ2) is 6.02. The van der Waals surface area contributed by atoms with Gasteiger partial charge in [0.25, 0.3) is 0 Å². The van der Waals surface area contributed by atoms with Crippen LogP contribution in [0.1, 0.15) is 57.8 Å². The Labute approximate surface area is 109 Å². The van der Waals surface area contributed by atoms with E-state index in [0.717, 1.165) is 44.9 Å². The minimum atomic E-state index is -0.270. The van der Waals surface area contributed by atoms with E-state index in [2.05, 4.69) is 5.32 Å². The minimum Gasteiger partial charge on any atom is -0.396 e. The van der Waals surface area contributed by atoms with Crippen LogP contribution in [0.3, 0.4) is 0 Å². The van der Waals surface area contributed by atoms with Gasteiger partial charge in [-0.25, -0.2) is 0 Å². The number of hydrogen-bond donors (Lipinski definition) is 3. The van der Waals surface area contributed by atoms with Crippen molar-refractivity contribution in [2.75, 3.05) is 6.61 Å². The van der Waals surface area contributed by atoms with Gasteiger partial charge >= 0.3 is 0 Å². The van der Waals surface area contributed by atoms with Gasteiger partial charge in [0, 0.05) is 30.5 Å². The highest BCUT2D eigenvalue weighted by Gasteiger charge is 2.33. The predicted molar refractivity (Wildman–Crippen MR) is 71.0 cm³/mol. The molecule has 4 heteroatoms. The molecule has 2 fully saturated rings. The highest BCUT2D eigenvalue weighted by molar-refractivity contribution is 5.77. The number of hydrogen-bond acceptors (Lipinski definition) is 3. The van der Waals surface area contributed by atoms with Crippen LogP contribution in [0.15, 0.2) is 0 Å². The molecule has 2 aliphatic rings. The van der Waals surface area contributed by atoms with E-state index in [-0.39, 0.29) is 30.0 Å². The van der Waals surface area contributed by atoms with Crippen molar-refractivity contribution in [1.82, 2.24) is 5.32 Å². The van der Waals surface area contributed by atoms with Crippen LogP contribution in [0, 0.1) is 5.92 Å². The van der Waals surface area contributed by atoms with E-state index >= 15 is 0 Å². The van der Waals surface area contributed by atoms with E-state index in [1.165, 1.54) is 6.42 Å². The summed E-state index contributed by atoms with van der Waals surface area (Å²) in [7, 11) is 0. The van der Waals surface area contributed by atoms with E-state index in [1.807, 2.05) is 0 Å². The van der Waals surface area contributed by atoms with Crippen LogP contribution in [0.4, 0.5) is 0 Å². The van der Waals surface area contributed by atoms with Crippen LogP contribution < -0.4 is 11.1 Å². The Balaban J connectivity index is 1.82. The van der Waals surface area contributed by atoms with Crippen LogP contribution in [0.2, 0.25) is 0 Å². The maximum Gasteiger partial charge on any atom is 0.222 e. The third kappa shape index (κ3) is 3.45. The molecule has 0 aromatic heterocycles. The Morgan fingerprint density at radius 1 is 1.22 bits per heavy atom. The van der Waals surface area contributed by atoms with Gasteiger partial charge in [-0.3, -0.25) is 4.79 Å². The Morgan fingerprint density at radius 3 is 2.56 bits per heavy atom. The van der Waals surface area contributed by atoms with E-state index in [9.17, 15) is 9.90 Å². The SMILES string of the molecule is NC1(CC(=O)NC2CCCCC2CO)CCCC1. The van der Waals surface area contributed by atoms with Crippen molar-refractivity contribution in [3.05, 3.63) is 0 Å². The average Bonchev–Trinajstić information content (AvgIpc) is 2.76. The van der Waals surface area contributed by atoms with Gasteiger partial charge in [0.15, 0.2) is 0 Å². The van der Waals surface area contributed by atoms with E-state index in [1.54, 1.807) is 0 Å². The molecule has 4 N–H and O–H groups in total. The van der Waals surface area contributed by atoms with Crippen LogP contribution in [0.25, 0.3) is 0 Å². The third-order valence-corrected chi connectivity index (χ3v) is 4.60. The molecule has 0 saturated heterocycles. The van der Waals surface area contributed by atoms with Gasteiger partial charge in [-0.05, 0) is 25.7 Å². The monoisotopic (exact) mass is 254 g/mol. The number of carbonyl (C=O) groups excluding carboxylic acids is 1. The molecular weight excluding hydrogens is 228 g/mol. The summed E-state index contributed by atoms with van der Waals surface area (Å²) < 4.78 is 0. The lowest BCUT2D eigenvalue weighted by Gasteiger charge is -2.32. The van der Waals surface area contributed by atoms with Gasteiger partial charge in [0.2, 0.25) is 5.91 Å². The molecule has 0 aromatic carbocycles. The molecular formula is C14H26N2O2. The summed E-state index contributed by atoms with van der Waals surface area (Å²) in [5.41, 5.74) is 5.95. The normalized spacial score (nSPS) is 31.2. The quantitative estimate of drug-likeness (QED) is 0.708. The maximum absolute atomic E-state index is 12.1. The first-order valence-corrected chi connectivity index (χ1v) is 7.32. The number of rotatable bonds is 4. The number of nitrogens with two attached hydrogens (primary N) is 1. The zero-order chi connectivity index (χ0) is 13.0. The molecule has 2 unspecified atom stereocenters. The first-order valence-electron chi connectivity index (χ1n) is 7.32. The molecule has 1 amide bonds. The lowest BCUT2D eigenvalue weighted by molar-refractivity contribution is -0.123. The fourth-order valence-corrected chi connectivity index (χ4v) is 3.45.